The van der Waals surface area contributed by atoms with Crippen LogP contribution in [0.4, 0.5) is 0 Å². The molecule has 2 amide bonds. The maximum atomic E-state index is 12.5. The van der Waals surface area contributed by atoms with Crippen molar-refractivity contribution < 1.29 is 9.59 Å². The average Bonchev–Trinajstić information content (AvgIpc) is 2.38. The van der Waals surface area contributed by atoms with E-state index in [1.165, 1.54) is 4.90 Å². The van der Waals surface area contributed by atoms with Gasteiger partial charge in [0.25, 0.3) is 0 Å². The zero-order valence-corrected chi connectivity index (χ0v) is 12.6. The quantitative estimate of drug-likeness (QED) is 0.799. The summed E-state index contributed by atoms with van der Waals surface area (Å²) in [5.41, 5.74) is 0. The van der Waals surface area contributed by atoms with Crippen LogP contribution in [0.5, 0.6) is 0 Å². The largest absolute Gasteiger partial charge is 0.347 e. The predicted molar refractivity (Wildman–Crippen MR) is 75.8 cm³/mol. The lowest BCUT2D eigenvalue weighted by molar-refractivity contribution is -0.142. The van der Waals surface area contributed by atoms with Crippen molar-refractivity contribution in [1.82, 2.24) is 15.1 Å². The van der Waals surface area contributed by atoms with Crippen LogP contribution < -0.4 is 5.32 Å². The molecule has 1 rings (SSSR count). The highest BCUT2D eigenvalue weighted by atomic mass is 16.2. The van der Waals surface area contributed by atoms with Gasteiger partial charge in [-0.1, -0.05) is 6.92 Å². The van der Waals surface area contributed by atoms with Crippen LogP contribution in [-0.2, 0) is 9.59 Å². The van der Waals surface area contributed by atoms with E-state index in [9.17, 15) is 9.59 Å². The average molecular weight is 269 g/mol. The summed E-state index contributed by atoms with van der Waals surface area (Å²) in [7, 11) is 3.45. The van der Waals surface area contributed by atoms with Gasteiger partial charge in [-0.2, -0.15) is 0 Å². The number of piperidine rings is 1. The van der Waals surface area contributed by atoms with Gasteiger partial charge in [0.2, 0.25) is 11.8 Å². The lowest BCUT2D eigenvalue weighted by Crippen LogP contribution is -2.48. The van der Waals surface area contributed by atoms with E-state index >= 15 is 0 Å². The van der Waals surface area contributed by atoms with E-state index in [0.29, 0.717) is 12.6 Å². The molecule has 0 bridgehead atoms. The Labute approximate surface area is 116 Å². The first-order valence-electron chi connectivity index (χ1n) is 7.18. The van der Waals surface area contributed by atoms with E-state index < -0.39 is 0 Å². The van der Waals surface area contributed by atoms with Gasteiger partial charge >= 0.3 is 0 Å². The molecule has 2 atom stereocenters. The molecule has 0 saturated carbocycles. The molecule has 1 aliphatic rings. The number of nitrogens with zero attached hydrogens (tertiary/aromatic N) is 2. The second-order valence-corrected chi connectivity index (χ2v) is 5.63. The molecule has 1 N–H and O–H groups in total. The number of likely N-dealkylation sites (N-methyl/N-ethyl adjacent to an activating group) is 1. The van der Waals surface area contributed by atoms with E-state index in [4.69, 9.17) is 0 Å². The third-order valence-corrected chi connectivity index (χ3v) is 3.64. The second kappa shape index (κ2) is 7.48. The van der Waals surface area contributed by atoms with Crippen molar-refractivity contribution in [3.05, 3.63) is 0 Å². The number of carbonyl (C=O) groups excluding carboxylic acids is 2. The van der Waals surface area contributed by atoms with Crippen molar-refractivity contribution in [3.63, 3.8) is 0 Å². The highest BCUT2D eigenvalue weighted by molar-refractivity contribution is 5.86. The molecule has 1 saturated heterocycles. The van der Waals surface area contributed by atoms with Crippen LogP contribution in [0, 0.1) is 5.92 Å². The second-order valence-electron chi connectivity index (χ2n) is 5.63. The molecule has 0 aromatic rings. The smallest absolute Gasteiger partial charge is 0.241 e. The van der Waals surface area contributed by atoms with Crippen LogP contribution in [0.25, 0.3) is 0 Å². The van der Waals surface area contributed by atoms with Gasteiger partial charge in [0.1, 0.15) is 0 Å². The minimum Gasteiger partial charge on any atom is -0.347 e. The number of rotatable bonds is 5. The van der Waals surface area contributed by atoms with Gasteiger partial charge in [-0.3, -0.25) is 9.59 Å². The summed E-state index contributed by atoms with van der Waals surface area (Å²) in [6.07, 6.45) is 2.82. The minimum absolute atomic E-state index is 0.0149. The summed E-state index contributed by atoms with van der Waals surface area (Å²) in [6.45, 7) is 5.76. The monoisotopic (exact) mass is 269 g/mol. The van der Waals surface area contributed by atoms with E-state index in [1.807, 2.05) is 6.92 Å². The van der Waals surface area contributed by atoms with Gasteiger partial charge in [-0.25, -0.2) is 0 Å². The molecule has 0 radical (unpaired) electrons. The summed E-state index contributed by atoms with van der Waals surface area (Å²) in [5, 5.41) is 3.34. The minimum atomic E-state index is -0.0149. The van der Waals surface area contributed by atoms with Crippen LogP contribution in [0.3, 0.4) is 0 Å². The SMILES string of the molecule is CCCN(CC(=O)N(C)C)C(=O)C1CCC(C)NC1. The Kier molecular flexibility index (Phi) is 6.28. The maximum Gasteiger partial charge on any atom is 0.241 e. The highest BCUT2D eigenvalue weighted by Gasteiger charge is 2.28. The first-order chi connectivity index (χ1) is 8.95. The van der Waals surface area contributed by atoms with Crippen LogP contribution in [0.2, 0.25) is 0 Å². The van der Waals surface area contributed by atoms with Crippen molar-refractivity contribution in [2.45, 2.75) is 39.2 Å². The summed E-state index contributed by atoms with van der Waals surface area (Å²) in [5.74, 6) is 0.132. The molecule has 0 aliphatic carbocycles. The zero-order chi connectivity index (χ0) is 14.4. The number of hydrogen-bond acceptors (Lipinski definition) is 3. The molecule has 1 aliphatic heterocycles. The molecule has 0 aromatic heterocycles. The molecule has 1 fully saturated rings. The van der Waals surface area contributed by atoms with Gasteiger partial charge in [0.15, 0.2) is 0 Å². The Morgan fingerprint density at radius 2 is 1.95 bits per heavy atom. The summed E-state index contributed by atoms with van der Waals surface area (Å²) >= 11 is 0. The third kappa shape index (κ3) is 4.82. The molecule has 110 valence electrons. The standard InChI is InChI=1S/C14H27N3O2/c1-5-8-17(10-13(18)16(3)4)14(19)12-7-6-11(2)15-9-12/h11-12,15H,5-10H2,1-4H3. The van der Waals surface area contributed by atoms with Crippen molar-refractivity contribution in [3.8, 4) is 0 Å². The molecular formula is C14H27N3O2. The molecule has 5 heteroatoms. The van der Waals surface area contributed by atoms with Crippen molar-refractivity contribution >= 4 is 11.8 Å². The summed E-state index contributed by atoms with van der Waals surface area (Å²) < 4.78 is 0. The number of amides is 2. The highest BCUT2D eigenvalue weighted by Crippen LogP contribution is 2.17. The zero-order valence-electron chi connectivity index (χ0n) is 12.6. The van der Waals surface area contributed by atoms with Crippen LogP contribution in [0.1, 0.15) is 33.1 Å². The predicted octanol–water partition coefficient (Wildman–Crippen LogP) is 0.701. The maximum absolute atomic E-state index is 12.5. The Balaban J connectivity index is 2.59. The lowest BCUT2D eigenvalue weighted by Gasteiger charge is -2.32. The number of carbonyl (C=O) groups is 2. The fraction of sp³-hybridized carbons (Fsp3) is 0.857. The molecule has 19 heavy (non-hydrogen) atoms. The Hall–Kier alpha value is -1.10. The topological polar surface area (TPSA) is 52.7 Å². The van der Waals surface area contributed by atoms with E-state index in [1.54, 1.807) is 19.0 Å². The van der Waals surface area contributed by atoms with Gasteiger partial charge in [-0.15, -0.1) is 0 Å². The third-order valence-electron chi connectivity index (χ3n) is 3.64. The van der Waals surface area contributed by atoms with Crippen molar-refractivity contribution in [2.24, 2.45) is 5.92 Å². The molecule has 5 nitrogen and oxygen atoms in total. The van der Waals surface area contributed by atoms with Gasteiger partial charge in [0, 0.05) is 33.2 Å². The normalized spacial score (nSPS) is 22.9. The molecule has 0 spiro atoms. The van der Waals surface area contributed by atoms with Crippen LogP contribution >= 0.6 is 0 Å². The van der Waals surface area contributed by atoms with Gasteiger partial charge < -0.3 is 15.1 Å². The Morgan fingerprint density at radius 3 is 2.42 bits per heavy atom. The van der Waals surface area contributed by atoms with Crippen LogP contribution in [0.15, 0.2) is 0 Å². The fourth-order valence-corrected chi connectivity index (χ4v) is 2.31. The molecule has 1 heterocycles. The van der Waals surface area contributed by atoms with Crippen molar-refractivity contribution in [2.75, 3.05) is 33.7 Å². The van der Waals surface area contributed by atoms with Crippen molar-refractivity contribution in [1.29, 1.82) is 0 Å². The van der Waals surface area contributed by atoms with E-state index in [0.717, 1.165) is 25.8 Å². The summed E-state index contributed by atoms with van der Waals surface area (Å²) in [4.78, 5) is 27.5. The Morgan fingerprint density at radius 1 is 1.26 bits per heavy atom. The first-order valence-corrected chi connectivity index (χ1v) is 7.18. The fourth-order valence-electron chi connectivity index (χ4n) is 2.31. The summed E-state index contributed by atoms with van der Waals surface area (Å²) in [6, 6.07) is 0.493. The molecular weight excluding hydrogens is 242 g/mol. The van der Waals surface area contributed by atoms with Gasteiger partial charge in [-0.05, 0) is 26.2 Å². The Bertz CT molecular complexity index is 310. The van der Waals surface area contributed by atoms with Crippen LogP contribution in [-0.4, -0.2) is 61.4 Å². The number of hydrogen-bond donors (Lipinski definition) is 1. The first kappa shape index (κ1) is 16.0. The lowest BCUT2D eigenvalue weighted by atomic mass is 9.94. The van der Waals surface area contributed by atoms with E-state index in [-0.39, 0.29) is 24.3 Å². The molecule has 0 aromatic carbocycles. The van der Waals surface area contributed by atoms with Gasteiger partial charge in [0.05, 0.1) is 12.5 Å². The molecule has 2 unspecified atom stereocenters. The van der Waals surface area contributed by atoms with E-state index in [2.05, 4.69) is 12.2 Å². The number of nitrogens with one attached hydrogen (secondary N) is 1.